The molecule has 0 aliphatic heterocycles. The first-order valence-corrected chi connectivity index (χ1v) is 8.55. The van der Waals surface area contributed by atoms with Gasteiger partial charge in [0.15, 0.2) is 6.61 Å². The van der Waals surface area contributed by atoms with Crippen LogP contribution >= 0.6 is 11.6 Å². The molecular weight excluding hydrogens is 414 g/mol. The fraction of sp³-hybridized carbons (Fsp3) is 0.222. The average molecular weight is 429 g/mol. The summed E-state index contributed by atoms with van der Waals surface area (Å²) >= 11 is 5.73. The molecule has 1 N–H and O–H groups in total. The third-order valence-corrected chi connectivity index (χ3v) is 3.83. The zero-order valence-corrected chi connectivity index (χ0v) is 15.5. The van der Waals surface area contributed by atoms with E-state index in [1.165, 1.54) is 18.2 Å². The number of halogens is 3. The summed E-state index contributed by atoms with van der Waals surface area (Å²) in [6.45, 7) is -3.34. The largest absolute Gasteiger partial charge is 0.452 e. The number of carbonyl (C=O) groups excluding carboxylic acids is 2. The van der Waals surface area contributed by atoms with Crippen molar-refractivity contribution < 1.29 is 32.8 Å². The van der Waals surface area contributed by atoms with Gasteiger partial charge >= 0.3 is 12.6 Å². The van der Waals surface area contributed by atoms with Crippen LogP contribution in [0, 0.1) is 10.1 Å². The summed E-state index contributed by atoms with van der Waals surface area (Å²) in [6.07, 6.45) is 0.397. The Morgan fingerprint density at radius 1 is 1.17 bits per heavy atom. The van der Waals surface area contributed by atoms with Crippen molar-refractivity contribution in [3.63, 3.8) is 0 Å². The Bertz CT molecular complexity index is 892. The molecule has 154 valence electrons. The number of ether oxygens (including phenoxy) is 2. The lowest BCUT2D eigenvalue weighted by molar-refractivity contribution is -0.385. The minimum atomic E-state index is -2.91. The average Bonchev–Trinajstić information content (AvgIpc) is 2.66. The lowest BCUT2D eigenvalue weighted by Crippen LogP contribution is -2.30. The maximum atomic E-state index is 12.1. The molecule has 0 saturated heterocycles. The lowest BCUT2D eigenvalue weighted by Gasteiger charge is -2.08. The number of nitro groups is 1. The smallest absolute Gasteiger partial charge is 0.387 e. The Kier molecular flexibility index (Phi) is 7.84. The highest BCUT2D eigenvalue weighted by Gasteiger charge is 2.22. The highest BCUT2D eigenvalue weighted by atomic mass is 35.5. The molecule has 2 aromatic rings. The van der Waals surface area contributed by atoms with E-state index in [0.29, 0.717) is 6.42 Å². The van der Waals surface area contributed by atoms with Crippen molar-refractivity contribution in [3.8, 4) is 5.75 Å². The minimum Gasteiger partial charge on any atom is -0.452 e. The molecule has 1 amide bonds. The van der Waals surface area contributed by atoms with Crippen LogP contribution in [0.2, 0.25) is 5.02 Å². The molecule has 11 heteroatoms. The van der Waals surface area contributed by atoms with Crippen LogP contribution in [0.1, 0.15) is 15.9 Å². The normalized spacial score (nSPS) is 10.5. The second-order valence-electron chi connectivity index (χ2n) is 5.62. The van der Waals surface area contributed by atoms with Gasteiger partial charge in [0.2, 0.25) is 0 Å². The summed E-state index contributed by atoms with van der Waals surface area (Å²) in [5.41, 5.74) is -0.0843. The Morgan fingerprint density at radius 2 is 1.86 bits per heavy atom. The number of rotatable bonds is 9. The summed E-state index contributed by atoms with van der Waals surface area (Å²) in [5.74, 6) is -1.64. The van der Waals surface area contributed by atoms with E-state index >= 15 is 0 Å². The van der Waals surface area contributed by atoms with Crippen LogP contribution in [0.5, 0.6) is 5.75 Å². The van der Waals surface area contributed by atoms with Crippen molar-refractivity contribution in [3.05, 3.63) is 68.7 Å². The van der Waals surface area contributed by atoms with E-state index in [9.17, 15) is 28.5 Å². The van der Waals surface area contributed by atoms with Crippen LogP contribution in [0.3, 0.4) is 0 Å². The standard InChI is InChI=1S/C18H15ClF2N2O6/c19-12-3-6-15(23(26)27)14(9-12)17(25)28-10-16(24)22-8-7-11-1-4-13(5-2-11)29-18(20)21/h1-6,9,18H,7-8,10H2,(H,22,24). The molecule has 0 fully saturated rings. The number of hydrogen-bond acceptors (Lipinski definition) is 6. The maximum absolute atomic E-state index is 12.1. The highest BCUT2D eigenvalue weighted by molar-refractivity contribution is 6.31. The molecule has 0 atom stereocenters. The topological polar surface area (TPSA) is 108 Å². The van der Waals surface area contributed by atoms with Gasteiger partial charge in [-0.1, -0.05) is 23.7 Å². The predicted octanol–water partition coefficient (Wildman–Crippen LogP) is 3.37. The Balaban J connectivity index is 1.79. The second-order valence-corrected chi connectivity index (χ2v) is 6.05. The molecule has 0 aliphatic carbocycles. The SMILES string of the molecule is O=C(COC(=O)c1cc(Cl)ccc1[N+](=O)[O-])NCCc1ccc(OC(F)F)cc1. The van der Waals surface area contributed by atoms with Gasteiger partial charge in [-0.15, -0.1) is 0 Å². The molecule has 8 nitrogen and oxygen atoms in total. The highest BCUT2D eigenvalue weighted by Crippen LogP contribution is 2.23. The molecule has 29 heavy (non-hydrogen) atoms. The Hall–Kier alpha value is -3.27. The van der Waals surface area contributed by atoms with Gasteiger partial charge < -0.3 is 14.8 Å². The molecule has 0 spiro atoms. The van der Waals surface area contributed by atoms with E-state index in [4.69, 9.17) is 16.3 Å². The van der Waals surface area contributed by atoms with Crippen molar-refractivity contribution in [2.24, 2.45) is 0 Å². The van der Waals surface area contributed by atoms with Gasteiger partial charge in [-0.25, -0.2) is 4.79 Å². The molecule has 2 aromatic carbocycles. The molecule has 0 aromatic heterocycles. The van der Waals surface area contributed by atoms with Crippen molar-refractivity contribution >= 4 is 29.2 Å². The molecule has 0 heterocycles. The summed E-state index contributed by atoms with van der Waals surface area (Å²) in [7, 11) is 0. The van der Waals surface area contributed by atoms with Gasteiger partial charge in [-0.05, 0) is 36.2 Å². The summed E-state index contributed by atoms with van der Waals surface area (Å²) < 4.78 is 33.2. The molecule has 0 bridgehead atoms. The lowest BCUT2D eigenvalue weighted by atomic mass is 10.1. The first-order chi connectivity index (χ1) is 13.8. The van der Waals surface area contributed by atoms with Gasteiger partial charge in [0, 0.05) is 17.6 Å². The maximum Gasteiger partial charge on any atom is 0.387 e. The Morgan fingerprint density at radius 3 is 2.48 bits per heavy atom. The molecule has 0 radical (unpaired) electrons. The molecule has 0 saturated carbocycles. The van der Waals surface area contributed by atoms with Crippen molar-refractivity contribution in [2.75, 3.05) is 13.2 Å². The van der Waals surface area contributed by atoms with Gasteiger partial charge in [0.05, 0.1) is 4.92 Å². The summed E-state index contributed by atoms with van der Waals surface area (Å²) in [5, 5.41) is 13.6. The van der Waals surface area contributed by atoms with Gasteiger partial charge in [0.25, 0.3) is 11.6 Å². The predicted molar refractivity (Wildman–Crippen MR) is 98.2 cm³/mol. The van der Waals surface area contributed by atoms with Crippen molar-refractivity contribution in [1.82, 2.24) is 5.32 Å². The van der Waals surface area contributed by atoms with Crippen LogP contribution < -0.4 is 10.1 Å². The van der Waals surface area contributed by atoms with Crippen molar-refractivity contribution in [1.29, 1.82) is 0 Å². The number of hydrogen-bond donors (Lipinski definition) is 1. The molecule has 2 rings (SSSR count). The first-order valence-electron chi connectivity index (χ1n) is 8.18. The third-order valence-electron chi connectivity index (χ3n) is 3.59. The van der Waals surface area contributed by atoms with Crippen LogP contribution in [-0.4, -0.2) is 36.6 Å². The van der Waals surface area contributed by atoms with E-state index in [2.05, 4.69) is 10.1 Å². The first kappa shape index (κ1) is 22.0. The van der Waals surface area contributed by atoms with Crippen molar-refractivity contribution in [2.45, 2.75) is 13.0 Å². The number of carbonyl (C=O) groups is 2. The van der Waals surface area contributed by atoms with Gasteiger partial charge in [-0.2, -0.15) is 8.78 Å². The number of esters is 1. The number of alkyl halides is 2. The van der Waals surface area contributed by atoms with E-state index < -0.39 is 35.7 Å². The van der Waals surface area contributed by atoms with E-state index in [0.717, 1.165) is 17.7 Å². The number of nitro benzene ring substituents is 1. The molecule has 0 aliphatic rings. The quantitative estimate of drug-likeness (QED) is 0.373. The molecular formula is C18H15ClF2N2O6. The van der Waals surface area contributed by atoms with Crippen LogP contribution in [0.25, 0.3) is 0 Å². The third kappa shape index (κ3) is 7.00. The number of nitrogens with zero attached hydrogens (tertiary/aromatic N) is 1. The summed E-state index contributed by atoms with van der Waals surface area (Å²) in [4.78, 5) is 34.0. The van der Waals surface area contributed by atoms with Gasteiger partial charge in [-0.3, -0.25) is 14.9 Å². The van der Waals surface area contributed by atoms with Crippen LogP contribution in [0.4, 0.5) is 14.5 Å². The van der Waals surface area contributed by atoms with E-state index in [-0.39, 0.29) is 22.9 Å². The number of nitrogens with one attached hydrogen (secondary N) is 1. The Labute approximate surface area is 168 Å². The number of amides is 1. The zero-order valence-electron chi connectivity index (χ0n) is 14.8. The van der Waals surface area contributed by atoms with Gasteiger partial charge in [0.1, 0.15) is 11.3 Å². The zero-order chi connectivity index (χ0) is 21.4. The summed E-state index contributed by atoms with van der Waals surface area (Å²) in [6, 6.07) is 9.31. The second kappa shape index (κ2) is 10.3. The fourth-order valence-corrected chi connectivity index (χ4v) is 2.45. The monoisotopic (exact) mass is 428 g/mol. The van der Waals surface area contributed by atoms with E-state index in [1.54, 1.807) is 12.1 Å². The van der Waals surface area contributed by atoms with Crippen LogP contribution in [0.15, 0.2) is 42.5 Å². The molecule has 0 unspecified atom stereocenters. The minimum absolute atomic E-state index is 0.0230. The number of benzene rings is 2. The van der Waals surface area contributed by atoms with Crippen LogP contribution in [-0.2, 0) is 16.0 Å². The van der Waals surface area contributed by atoms with E-state index in [1.807, 2.05) is 0 Å². The fourth-order valence-electron chi connectivity index (χ4n) is 2.27.